The van der Waals surface area contributed by atoms with Crippen molar-refractivity contribution in [1.29, 1.82) is 0 Å². The first-order chi connectivity index (χ1) is 19.5. The molecule has 0 aliphatic heterocycles. The van der Waals surface area contributed by atoms with Gasteiger partial charge in [0.25, 0.3) is 9.05 Å². The maximum absolute atomic E-state index is 12.2. The van der Waals surface area contributed by atoms with E-state index in [4.69, 9.17) is 25.9 Å². The van der Waals surface area contributed by atoms with E-state index in [1.165, 1.54) is 39.6 Å². The van der Waals surface area contributed by atoms with Gasteiger partial charge in [-0.05, 0) is 120 Å². The van der Waals surface area contributed by atoms with Gasteiger partial charge < -0.3 is 20.1 Å². The fourth-order valence-electron chi connectivity index (χ4n) is 4.11. The molecule has 0 bridgehead atoms. The molecule has 3 N–H and O–H groups in total. The maximum atomic E-state index is 12.2. The van der Waals surface area contributed by atoms with Crippen molar-refractivity contribution in [3.63, 3.8) is 0 Å². The lowest BCUT2D eigenvalue weighted by Gasteiger charge is -2.13. The number of benzene rings is 2. The first-order valence-electron chi connectivity index (χ1n) is 14.3. The van der Waals surface area contributed by atoms with Gasteiger partial charge in [0, 0.05) is 22.8 Å². The molecule has 0 spiro atoms. The minimum atomic E-state index is -3.67. The summed E-state index contributed by atoms with van der Waals surface area (Å²) in [4.78, 5) is 2.92. The topological polar surface area (TPSA) is 128 Å². The van der Waals surface area contributed by atoms with Gasteiger partial charge in [0.1, 0.15) is 11.5 Å². The van der Waals surface area contributed by atoms with Gasteiger partial charge in [0.15, 0.2) is 0 Å². The number of nitrogens with one attached hydrogen (secondary N) is 1. The SMILES string of the molecule is C.CCN(CC)CC.COc1cc(C)c(S(=O)(=O)Cl)c(C)c1.COc1cc(C)c(S(=O)(=O)NC2CC2)c(C)c1.NC1CC1. The Kier molecular flexibility index (Phi) is 18.0. The zero-order valence-corrected chi connectivity index (χ0v) is 29.0. The van der Waals surface area contributed by atoms with E-state index >= 15 is 0 Å². The molecule has 2 aromatic carbocycles. The normalized spacial score (nSPS) is 14.1. The molecule has 0 unspecified atom stereocenters. The summed E-state index contributed by atoms with van der Waals surface area (Å²) < 4.78 is 59.6. The van der Waals surface area contributed by atoms with E-state index in [-0.39, 0.29) is 18.4 Å². The molecule has 2 saturated carbocycles. The summed E-state index contributed by atoms with van der Waals surface area (Å²) in [5.41, 5.74) is 7.85. The quantitative estimate of drug-likeness (QED) is 0.309. The van der Waals surface area contributed by atoms with Crippen molar-refractivity contribution < 1.29 is 26.3 Å². The van der Waals surface area contributed by atoms with Crippen molar-refractivity contribution in [3.8, 4) is 11.5 Å². The summed E-state index contributed by atoms with van der Waals surface area (Å²) in [5, 5.41) is 0. The summed E-state index contributed by atoms with van der Waals surface area (Å²) in [6.07, 6.45) is 4.40. The molecule has 0 amide bonds. The zero-order chi connectivity index (χ0) is 32.3. The molecule has 9 nitrogen and oxygen atoms in total. The molecule has 248 valence electrons. The van der Waals surface area contributed by atoms with Crippen LogP contribution in [0.15, 0.2) is 34.1 Å². The van der Waals surface area contributed by atoms with Crippen LogP contribution in [-0.4, -0.2) is 67.7 Å². The van der Waals surface area contributed by atoms with E-state index in [0.29, 0.717) is 33.6 Å². The van der Waals surface area contributed by atoms with Crippen molar-refractivity contribution in [2.24, 2.45) is 5.73 Å². The van der Waals surface area contributed by atoms with Crippen molar-refractivity contribution in [1.82, 2.24) is 9.62 Å². The maximum Gasteiger partial charge on any atom is 0.261 e. The smallest absolute Gasteiger partial charge is 0.261 e. The minimum absolute atomic E-state index is 0. The third kappa shape index (κ3) is 14.6. The lowest BCUT2D eigenvalue weighted by Crippen LogP contribution is -2.27. The minimum Gasteiger partial charge on any atom is -0.497 e. The van der Waals surface area contributed by atoms with Crippen LogP contribution in [0.4, 0.5) is 0 Å². The fourth-order valence-corrected chi connectivity index (χ4v) is 7.49. The summed E-state index contributed by atoms with van der Waals surface area (Å²) in [6.45, 7) is 17.1. The van der Waals surface area contributed by atoms with Crippen molar-refractivity contribution in [2.45, 2.75) is 103 Å². The summed E-state index contributed by atoms with van der Waals surface area (Å²) in [6, 6.07) is 7.48. The number of halogens is 1. The molecule has 2 aliphatic rings. The Morgan fingerprint density at radius 2 is 1.09 bits per heavy atom. The number of sulfonamides is 1. The lowest BCUT2D eigenvalue weighted by atomic mass is 10.1. The van der Waals surface area contributed by atoms with Gasteiger partial charge in [-0.25, -0.2) is 21.6 Å². The molecule has 0 saturated heterocycles. The Bertz CT molecular complexity index is 1300. The largest absolute Gasteiger partial charge is 0.497 e. The Morgan fingerprint density at radius 3 is 1.30 bits per heavy atom. The summed E-state index contributed by atoms with van der Waals surface area (Å²) in [5.74, 6) is 1.31. The molecule has 12 heteroatoms. The molecule has 0 heterocycles. The Labute approximate surface area is 266 Å². The van der Waals surface area contributed by atoms with Crippen molar-refractivity contribution >= 4 is 29.8 Å². The van der Waals surface area contributed by atoms with Gasteiger partial charge in [0.2, 0.25) is 10.0 Å². The molecule has 0 aromatic heterocycles. The number of nitrogens with two attached hydrogens (primary N) is 1. The van der Waals surface area contributed by atoms with Crippen LogP contribution < -0.4 is 19.9 Å². The number of nitrogens with zero attached hydrogens (tertiary/aromatic N) is 1. The number of aryl methyl sites for hydroxylation is 4. The molecule has 0 atom stereocenters. The third-order valence-electron chi connectivity index (χ3n) is 6.71. The summed E-state index contributed by atoms with van der Waals surface area (Å²) >= 11 is 0. The molecule has 43 heavy (non-hydrogen) atoms. The van der Waals surface area contributed by atoms with Gasteiger partial charge >= 0.3 is 0 Å². The molecule has 2 aliphatic carbocycles. The number of ether oxygens (including phenoxy) is 2. The first kappa shape index (κ1) is 41.1. The highest BCUT2D eigenvalue weighted by Gasteiger charge is 2.30. The summed E-state index contributed by atoms with van der Waals surface area (Å²) in [7, 11) is 1.34. The fraction of sp³-hybridized carbons (Fsp3) is 0.613. The van der Waals surface area contributed by atoms with Crippen LogP contribution in [0.1, 0.15) is 76.1 Å². The molecule has 0 radical (unpaired) electrons. The van der Waals surface area contributed by atoms with Crippen LogP contribution in [0.5, 0.6) is 11.5 Å². The van der Waals surface area contributed by atoms with E-state index in [9.17, 15) is 16.8 Å². The Hall–Kier alpha value is -1.89. The Balaban J connectivity index is 0.000000607. The highest BCUT2D eigenvalue weighted by atomic mass is 35.7. The molecule has 4 rings (SSSR count). The molecular weight excluding hydrogens is 610 g/mol. The van der Waals surface area contributed by atoms with Gasteiger partial charge in [0.05, 0.1) is 24.0 Å². The van der Waals surface area contributed by atoms with Gasteiger partial charge in [-0.1, -0.05) is 28.2 Å². The predicted octanol–water partition coefficient (Wildman–Crippen LogP) is 6.08. The van der Waals surface area contributed by atoms with E-state index in [1.54, 1.807) is 59.1 Å². The van der Waals surface area contributed by atoms with E-state index in [0.717, 1.165) is 24.0 Å². The second-order valence-electron chi connectivity index (χ2n) is 10.5. The van der Waals surface area contributed by atoms with Crippen molar-refractivity contribution in [3.05, 3.63) is 46.5 Å². The van der Waals surface area contributed by atoms with Crippen LogP contribution in [0, 0.1) is 27.7 Å². The van der Waals surface area contributed by atoms with Crippen molar-refractivity contribution in [2.75, 3.05) is 33.9 Å². The predicted molar refractivity (Wildman–Crippen MR) is 179 cm³/mol. The average Bonchev–Trinajstić information content (AvgIpc) is 3.83. The number of hydrogen-bond donors (Lipinski definition) is 2. The second kappa shape index (κ2) is 18.8. The highest BCUT2D eigenvalue weighted by molar-refractivity contribution is 8.13. The van der Waals surface area contributed by atoms with Crippen LogP contribution >= 0.6 is 10.7 Å². The monoisotopic (exact) mass is 663 g/mol. The van der Waals surface area contributed by atoms with E-state index in [2.05, 4.69) is 30.4 Å². The molecule has 2 aromatic rings. The number of methoxy groups -OCH3 is 2. The lowest BCUT2D eigenvalue weighted by molar-refractivity contribution is 0.321. The second-order valence-corrected chi connectivity index (χ2v) is 14.6. The standard InChI is InChI=1S/C12H17NO3S.C9H11ClO3S.C6H15N.C3H7N.CH4/c1-8-6-11(16-3)7-9(2)12(8)17(14,15)13-10-4-5-10;1-6-4-8(13-3)5-7(2)9(6)14(10,11)12;1-4-7(5-2)6-3;4-3-1-2-3;/h6-7,10,13H,4-5H2,1-3H3;4-5H,1-3H3;4-6H2,1-3H3;3H,1-2,4H2;1H4. The Morgan fingerprint density at radius 1 is 0.767 bits per heavy atom. The van der Waals surface area contributed by atoms with Gasteiger partial charge in [-0.3, -0.25) is 0 Å². The number of hydrogen-bond acceptors (Lipinski definition) is 8. The van der Waals surface area contributed by atoms with Crippen LogP contribution in [0.3, 0.4) is 0 Å². The van der Waals surface area contributed by atoms with Gasteiger partial charge in [-0.15, -0.1) is 0 Å². The third-order valence-corrected chi connectivity index (χ3v) is 10.1. The first-order valence-corrected chi connectivity index (χ1v) is 18.1. The average molecular weight is 664 g/mol. The number of rotatable bonds is 9. The van der Waals surface area contributed by atoms with Crippen LogP contribution in [-0.2, 0) is 19.1 Å². The van der Waals surface area contributed by atoms with Crippen LogP contribution in [0.2, 0.25) is 0 Å². The molecular formula is C31H54ClN3O6S2. The van der Waals surface area contributed by atoms with E-state index in [1.807, 2.05) is 0 Å². The van der Waals surface area contributed by atoms with Crippen LogP contribution in [0.25, 0.3) is 0 Å². The highest BCUT2D eigenvalue weighted by Crippen LogP contribution is 2.29. The molecule has 2 fully saturated rings. The van der Waals surface area contributed by atoms with E-state index < -0.39 is 19.1 Å². The zero-order valence-electron chi connectivity index (χ0n) is 26.6. The van der Waals surface area contributed by atoms with Gasteiger partial charge in [-0.2, -0.15) is 0 Å².